The maximum absolute atomic E-state index is 11.5. The van der Waals surface area contributed by atoms with Crippen LogP contribution < -0.4 is 20.5 Å². The third kappa shape index (κ3) is 4.76. The minimum absolute atomic E-state index is 0.167. The minimum atomic E-state index is -0.167. The van der Waals surface area contributed by atoms with Crippen molar-refractivity contribution in [3.05, 3.63) is 46.9 Å². The lowest BCUT2D eigenvalue weighted by Gasteiger charge is -2.36. The van der Waals surface area contributed by atoms with Crippen LogP contribution in [0.25, 0.3) is 0 Å². The minimum Gasteiger partial charge on any atom is -0.495 e. The highest BCUT2D eigenvalue weighted by atomic mass is 16.5. The van der Waals surface area contributed by atoms with Gasteiger partial charge >= 0.3 is 0 Å². The number of nitrogens with zero attached hydrogens (tertiary/aromatic N) is 3. The number of hydrogen-bond donors (Lipinski definition) is 2. The van der Waals surface area contributed by atoms with Crippen LogP contribution in [0.4, 0.5) is 11.4 Å². The van der Waals surface area contributed by atoms with Gasteiger partial charge in [-0.15, -0.1) is 0 Å². The van der Waals surface area contributed by atoms with Crippen molar-refractivity contribution in [2.45, 2.75) is 12.8 Å². The summed E-state index contributed by atoms with van der Waals surface area (Å²) in [5, 5.41) is 9.29. The molecule has 2 aromatic rings. The number of aromatic amines is 1. The molecule has 0 bridgehead atoms. The van der Waals surface area contributed by atoms with Gasteiger partial charge in [-0.2, -0.15) is 5.10 Å². The molecule has 7 nitrogen and oxygen atoms in total. The average Bonchev–Trinajstić information content (AvgIpc) is 2.69. The van der Waals surface area contributed by atoms with Crippen molar-refractivity contribution in [3.63, 3.8) is 0 Å². The number of nitrogens with one attached hydrogen (secondary N) is 2. The van der Waals surface area contributed by atoms with Crippen molar-refractivity contribution in [3.8, 4) is 5.75 Å². The van der Waals surface area contributed by atoms with E-state index in [4.69, 9.17) is 4.74 Å². The van der Waals surface area contributed by atoms with Gasteiger partial charge in [-0.05, 0) is 37.6 Å². The number of methoxy groups -OCH3 is 1. The summed E-state index contributed by atoms with van der Waals surface area (Å²) in [5.74, 6) is 0.943. The van der Waals surface area contributed by atoms with Gasteiger partial charge in [0.05, 0.1) is 12.8 Å². The number of rotatable bonds is 8. The van der Waals surface area contributed by atoms with Crippen molar-refractivity contribution in [1.29, 1.82) is 0 Å². The second kappa shape index (κ2) is 9.24. The Labute approximate surface area is 154 Å². The van der Waals surface area contributed by atoms with Gasteiger partial charge in [0.1, 0.15) is 11.4 Å². The van der Waals surface area contributed by atoms with Crippen LogP contribution in [0.3, 0.4) is 0 Å². The van der Waals surface area contributed by atoms with E-state index in [1.165, 1.54) is 5.69 Å². The molecule has 1 aliphatic rings. The fourth-order valence-electron chi connectivity index (χ4n) is 3.27. The SMILES string of the molecule is COc1ccccc1N1CCN(CCCCNc2ccn[nH]c2=O)CC1. The third-order valence-electron chi connectivity index (χ3n) is 4.74. The van der Waals surface area contributed by atoms with Crippen molar-refractivity contribution in [1.82, 2.24) is 15.1 Å². The molecule has 1 aliphatic heterocycles. The molecule has 0 amide bonds. The smallest absolute Gasteiger partial charge is 0.287 e. The van der Waals surface area contributed by atoms with E-state index in [2.05, 4.69) is 37.4 Å². The van der Waals surface area contributed by atoms with E-state index in [9.17, 15) is 4.79 Å². The van der Waals surface area contributed by atoms with Crippen LogP contribution in [-0.4, -0.2) is 61.5 Å². The Morgan fingerprint density at radius 1 is 1.15 bits per heavy atom. The summed E-state index contributed by atoms with van der Waals surface area (Å²) in [6, 6.07) is 9.91. The highest BCUT2D eigenvalue weighted by molar-refractivity contribution is 5.58. The van der Waals surface area contributed by atoms with Gasteiger partial charge in [0.15, 0.2) is 0 Å². The van der Waals surface area contributed by atoms with Crippen LogP contribution in [-0.2, 0) is 0 Å². The molecular formula is C19H27N5O2. The molecule has 1 aromatic carbocycles. The van der Waals surface area contributed by atoms with Crippen LogP contribution in [0.2, 0.25) is 0 Å². The van der Waals surface area contributed by atoms with Gasteiger partial charge in [0, 0.05) is 38.9 Å². The lowest BCUT2D eigenvalue weighted by Crippen LogP contribution is -2.46. The molecule has 140 valence electrons. The molecule has 7 heteroatoms. The Hall–Kier alpha value is -2.54. The second-order valence-electron chi connectivity index (χ2n) is 6.43. The number of anilines is 2. The summed E-state index contributed by atoms with van der Waals surface area (Å²) in [6.45, 7) is 6.06. The summed E-state index contributed by atoms with van der Waals surface area (Å²) in [4.78, 5) is 16.4. The van der Waals surface area contributed by atoms with Crippen LogP contribution in [0.5, 0.6) is 5.75 Å². The summed E-state index contributed by atoms with van der Waals surface area (Å²) in [5.41, 5.74) is 1.60. The zero-order valence-electron chi connectivity index (χ0n) is 15.3. The highest BCUT2D eigenvalue weighted by Crippen LogP contribution is 2.28. The lowest BCUT2D eigenvalue weighted by atomic mass is 10.2. The van der Waals surface area contributed by atoms with E-state index in [0.717, 1.165) is 57.9 Å². The zero-order chi connectivity index (χ0) is 18.2. The van der Waals surface area contributed by atoms with Crippen LogP contribution >= 0.6 is 0 Å². The molecule has 3 rings (SSSR count). The normalized spacial score (nSPS) is 15.0. The molecule has 0 radical (unpaired) electrons. The Bertz CT molecular complexity index is 740. The number of ether oxygens (including phenoxy) is 1. The van der Waals surface area contributed by atoms with Crippen LogP contribution in [0.1, 0.15) is 12.8 Å². The second-order valence-corrected chi connectivity index (χ2v) is 6.43. The molecule has 26 heavy (non-hydrogen) atoms. The van der Waals surface area contributed by atoms with E-state index in [1.807, 2.05) is 12.1 Å². The van der Waals surface area contributed by atoms with Gasteiger partial charge in [0.2, 0.25) is 0 Å². The maximum Gasteiger partial charge on any atom is 0.287 e. The first-order chi connectivity index (χ1) is 12.8. The number of H-pyrrole nitrogens is 1. The van der Waals surface area contributed by atoms with Gasteiger partial charge in [-0.25, -0.2) is 5.10 Å². The quantitative estimate of drug-likeness (QED) is 0.702. The molecule has 1 saturated heterocycles. The summed E-state index contributed by atoms with van der Waals surface area (Å²) >= 11 is 0. The molecule has 0 aliphatic carbocycles. The molecule has 1 aromatic heterocycles. The van der Waals surface area contributed by atoms with E-state index >= 15 is 0 Å². The fourth-order valence-corrected chi connectivity index (χ4v) is 3.27. The first-order valence-electron chi connectivity index (χ1n) is 9.16. The maximum atomic E-state index is 11.5. The third-order valence-corrected chi connectivity index (χ3v) is 4.74. The Morgan fingerprint density at radius 2 is 1.96 bits per heavy atom. The molecule has 0 saturated carbocycles. The predicted molar refractivity (Wildman–Crippen MR) is 104 cm³/mol. The summed E-state index contributed by atoms with van der Waals surface area (Å²) < 4.78 is 5.47. The van der Waals surface area contributed by atoms with Gasteiger partial charge in [-0.3, -0.25) is 9.69 Å². The number of hydrogen-bond acceptors (Lipinski definition) is 6. The average molecular weight is 357 g/mol. The molecule has 2 heterocycles. The molecule has 0 atom stereocenters. The van der Waals surface area contributed by atoms with E-state index in [-0.39, 0.29) is 5.56 Å². The molecular weight excluding hydrogens is 330 g/mol. The predicted octanol–water partition coefficient (Wildman–Crippen LogP) is 1.79. The van der Waals surface area contributed by atoms with Crippen molar-refractivity contribution < 1.29 is 4.74 Å². The Morgan fingerprint density at radius 3 is 2.73 bits per heavy atom. The Balaban J connectivity index is 1.35. The summed E-state index contributed by atoms with van der Waals surface area (Å²) in [6.07, 6.45) is 3.74. The standard InChI is InChI=1S/C19H27N5O2/c1-26-18-7-3-2-6-17(18)24-14-12-23(13-15-24)11-5-4-9-20-16-8-10-21-22-19(16)25/h2-3,6-8,10H,4-5,9,11-15H2,1H3,(H,20,21)(H,22,25). The molecule has 1 fully saturated rings. The van der Waals surface area contributed by atoms with E-state index in [0.29, 0.717) is 5.69 Å². The first-order valence-corrected chi connectivity index (χ1v) is 9.16. The highest BCUT2D eigenvalue weighted by Gasteiger charge is 2.18. The summed E-state index contributed by atoms with van der Waals surface area (Å²) in [7, 11) is 1.73. The molecule has 0 unspecified atom stereocenters. The lowest BCUT2D eigenvalue weighted by molar-refractivity contribution is 0.253. The Kier molecular flexibility index (Phi) is 6.49. The zero-order valence-corrected chi connectivity index (χ0v) is 15.3. The topological polar surface area (TPSA) is 73.5 Å². The van der Waals surface area contributed by atoms with Gasteiger partial charge in [-0.1, -0.05) is 12.1 Å². The van der Waals surface area contributed by atoms with Crippen molar-refractivity contribution in [2.24, 2.45) is 0 Å². The largest absolute Gasteiger partial charge is 0.495 e. The number of aromatic nitrogens is 2. The van der Waals surface area contributed by atoms with Crippen LogP contribution in [0, 0.1) is 0 Å². The number of piperazine rings is 1. The monoisotopic (exact) mass is 357 g/mol. The van der Waals surface area contributed by atoms with E-state index in [1.54, 1.807) is 19.4 Å². The molecule has 0 spiro atoms. The first kappa shape index (κ1) is 18.3. The van der Waals surface area contributed by atoms with Crippen molar-refractivity contribution >= 4 is 11.4 Å². The molecule has 2 N–H and O–H groups in total. The van der Waals surface area contributed by atoms with Gasteiger partial charge < -0.3 is 15.0 Å². The van der Waals surface area contributed by atoms with E-state index < -0.39 is 0 Å². The fraction of sp³-hybridized carbons (Fsp3) is 0.474. The number of para-hydroxylation sites is 2. The van der Waals surface area contributed by atoms with Crippen LogP contribution in [0.15, 0.2) is 41.3 Å². The van der Waals surface area contributed by atoms with Crippen molar-refractivity contribution in [2.75, 3.05) is 56.6 Å². The number of benzene rings is 1. The van der Waals surface area contributed by atoms with Gasteiger partial charge in [0.25, 0.3) is 5.56 Å². The number of unbranched alkanes of at least 4 members (excludes halogenated alkanes) is 1.